The van der Waals surface area contributed by atoms with Crippen molar-refractivity contribution in [2.75, 3.05) is 13.3 Å². The Morgan fingerprint density at radius 2 is 2.04 bits per heavy atom. The minimum atomic E-state index is -0.541. The second-order valence-corrected chi connectivity index (χ2v) is 7.42. The molecule has 2 amide bonds. The Hall–Kier alpha value is -3.22. The van der Waals surface area contributed by atoms with Gasteiger partial charge in [0.25, 0.3) is 0 Å². The van der Waals surface area contributed by atoms with E-state index in [-0.39, 0.29) is 18.6 Å². The number of fused-ring (bicyclic) bond motifs is 1. The van der Waals surface area contributed by atoms with Crippen molar-refractivity contribution in [1.82, 2.24) is 16.0 Å². The van der Waals surface area contributed by atoms with Crippen LogP contribution in [-0.2, 0) is 15.0 Å². The van der Waals surface area contributed by atoms with Gasteiger partial charge in [0.2, 0.25) is 18.6 Å². The summed E-state index contributed by atoms with van der Waals surface area (Å²) in [4.78, 5) is 25.2. The molecule has 3 aliphatic heterocycles. The molecule has 4 aliphatic rings. The third-order valence-electron chi connectivity index (χ3n) is 5.64. The quantitative estimate of drug-likeness (QED) is 0.696. The van der Waals surface area contributed by atoms with Crippen LogP contribution in [0.3, 0.4) is 0 Å². The van der Waals surface area contributed by atoms with Crippen LogP contribution in [0, 0.1) is 0 Å². The summed E-state index contributed by atoms with van der Waals surface area (Å²) in [5, 5.41) is 9.05. The van der Waals surface area contributed by atoms with Crippen LogP contribution in [0.25, 0.3) is 0 Å². The zero-order valence-corrected chi connectivity index (χ0v) is 15.3. The molecule has 0 radical (unpaired) electrons. The molecule has 7 nitrogen and oxygen atoms in total. The summed E-state index contributed by atoms with van der Waals surface area (Å²) in [6, 6.07) is 5.69. The fourth-order valence-corrected chi connectivity index (χ4v) is 3.87. The van der Waals surface area contributed by atoms with Crippen molar-refractivity contribution in [3.63, 3.8) is 0 Å². The molecule has 1 saturated carbocycles. The summed E-state index contributed by atoms with van der Waals surface area (Å²) in [6.45, 7) is 0.920. The molecule has 0 atom stereocenters. The van der Waals surface area contributed by atoms with E-state index in [1.54, 1.807) is 6.08 Å². The Labute approximate surface area is 162 Å². The molecule has 3 N–H and O–H groups in total. The molecule has 144 valence electrons. The zero-order valence-electron chi connectivity index (χ0n) is 15.3. The smallest absolute Gasteiger partial charge is 0.249 e. The van der Waals surface area contributed by atoms with E-state index in [0.717, 1.165) is 42.5 Å². The maximum atomic E-state index is 13.1. The average Bonchev–Trinajstić information content (AvgIpc) is 3.40. The van der Waals surface area contributed by atoms with Crippen LogP contribution in [0.5, 0.6) is 11.5 Å². The van der Waals surface area contributed by atoms with Crippen molar-refractivity contribution in [1.29, 1.82) is 0 Å². The van der Waals surface area contributed by atoms with Gasteiger partial charge in [-0.25, -0.2) is 0 Å². The second kappa shape index (κ2) is 6.44. The fraction of sp³-hybridized carbons (Fsp3) is 0.333. The van der Waals surface area contributed by atoms with Gasteiger partial charge >= 0.3 is 0 Å². The van der Waals surface area contributed by atoms with Gasteiger partial charge in [0.1, 0.15) is 5.82 Å². The van der Waals surface area contributed by atoms with Crippen LogP contribution in [0.15, 0.2) is 53.5 Å². The van der Waals surface area contributed by atoms with Gasteiger partial charge < -0.3 is 25.4 Å². The summed E-state index contributed by atoms with van der Waals surface area (Å²) < 4.78 is 10.8. The number of carbonyl (C=O) groups excluding carboxylic acids is 2. The van der Waals surface area contributed by atoms with Crippen molar-refractivity contribution in [2.45, 2.75) is 31.1 Å². The van der Waals surface area contributed by atoms with Gasteiger partial charge in [0.15, 0.2) is 11.5 Å². The zero-order chi connectivity index (χ0) is 19.1. The van der Waals surface area contributed by atoms with Crippen molar-refractivity contribution in [3.05, 3.63) is 59.1 Å². The first-order valence-corrected chi connectivity index (χ1v) is 9.54. The van der Waals surface area contributed by atoms with Crippen LogP contribution in [0.1, 0.15) is 31.2 Å². The average molecular weight is 379 g/mol. The van der Waals surface area contributed by atoms with Gasteiger partial charge in [-0.1, -0.05) is 12.1 Å². The highest BCUT2D eigenvalue weighted by atomic mass is 16.7. The number of benzene rings is 1. The highest BCUT2D eigenvalue weighted by Gasteiger charge is 2.52. The summed E-state index contributed by atoms with van der Waals surface area (Å²) in [6.07, 6.45) is 8.73. The number of dihydropyridines is 1. The van der Waals surface area contributed by atoms with Crippen LogP contribution >= 0.6 is 0 Å². The summed E-state index contributed by atoms with van der Waals surface area (Å²) in [7, 11) is 0. The second-order valence-electron chi connectivity index (χ2n) is 7.42. The predicted molar refractivity (Wildman–Crippen MR) is 101 cm³/mol. The summed E-state index contributed by atoms with van der Waals surface area (Å²) in [5.41, 5.74) is 1.86. The Morgan fingerprint density at radius 3 is 2.86 bits per heavy atom. The van der Waals surface area contributed by atoms with Crippen LogP contribution in [-0.4, -0.2) is 25.2 Å². The SMILES string of the molecule is O=C1NCCCC1=C1C=CC=C(NC(=O)C2(c3ccc4c(c3)OCO4)CC2)N1. The maximum absolute atomic E-state index is 13.1. The first-order valence-electron chi connectivity index (χ1n) is 9.54. The molecular formula is C21H21N3O4. The van der Waals surface area contributed by atoms with Crippen molar-refractivity contribution >= 4 is 11.8 Å². The highest BCUT2D eigenvalue weighted by Crippen LogP contribution is 2.50. The number of hydrogen-bond donors (Lipinski definition) is 3. The molecular weight excluding hydrogens is 358 g/mol. The molecule has 28 heavy (non-hydrogen) atoms. The molecule has 0 aromatic heterocycles. The van der Waals surface area contributed by atoms with Gasteiger partial charge in [-0.05, 0) is 55.5 Å². The normalized spacial score (nSPS) is 24.1. The largest absolute Gasteiger partial charge is 0.454 e. The molecule has 5 rings (SSSR count). The minimum absolute atomic E-state index is 0.0509. The van der Waals surface area contributed by atoms with E-state index >= 15 is 0 Å². The van der Waals surface area contributed by atoms with Crippen molar-refractivity contribution in [3.8, 4) is 11.5 Å². The lowest BCUT2D eigenvalue weighted by Crippen LogP contribution is -2.40. The van der Waals surface area contributed by atoms with Gasteiger partial charge in [-0.3, -0.25) is 9.59 Å². The van der Waals surface area contributed by atoms with Crippen molar-refractivity contribution < 1.29 is 19.1 Å². The Bertz CT molecular complexity index is 956. The van der Waals surface area contributed by atoms with E-state index in [0.29, 0.717) is 23.9 Å². The van der Waals surface area contributed by atoms with E-state index in [1.807, 2.05) is 30.4 Å². The summed E-state index contributed by atoms with van der Waals surface area (Å²) >= 11 is 0. The van der Waals surface area contributed by atoms with E-state index in [4.69, 9.17) is 9.47 Å². The highest BCUT2D eigenvalue weighted by molar-refractivity contribution is 5.95. The molecule has 3 heterocycles. The number of carbonyl (C=O) groups is 2. The standard InChI is InChI=1S/C21H21N3O4/c25-19-14(3-2-10-22-19)15-4-1-5-18(23-15)24-20(26)21(8-9-21)13-6-7-16-17(11-13)28-12-27-16/h1,4-7,11,23H,2-3,8-10,12H2,(H,22,25)(H,24,26). The molecule has 7 heteroatoms. The number of hydrogen-bond acceptors (Lipinski definition) is 5. The van der Waals surface area contributed by atoms with E-state index in [9.17, 15) is 9.59 Å². The first kappa shape index (κ1) is 16.9. The molecule has 0 bridgehead atoms. The van der Waals surface area contributed by atoms with Crippen LogP contribution in [0.4, 0.5) is 0 Å². The topological polar surface area (TPSA) is 88.7 Å². The van der Waals surface area contributed by atoms with Crippen LogP contribution in [0.2, 0.25) is 0 Å². The molecule has 0 spiro atoms. The fourth-order valence-electron chi connectivity index (χ4n) is 3.87. The van der Waals surface area contributed by atoms with Gasteiger partial charge in [0, 0.05) is 17.8 Å². The van der Waals surface area contributed by atoms with E-state index < -0.39 is 5.41 Å². The number of rotatable bonds is 3. The van der Waals surface area contributed by atoms with Gasteiger partial charge in [0.05, 0.1) is 5.41 Å². The van der Waals surface area contributed by atoms with E-state index in [1.165, 1.54) is 0 Å². The summed E-state index contributed by atoms with van der Waals surface area (Å²) in [5.74, 6) is 1.87. The number of ether oxygens (including phenoxy) is 2. The lowest BCUT2D eigenvalue weighted by atomic mass is 9.94. The van der Waals surface area contributed by atoms with Gasteiger partial charge in [-0.2, -0.15) is 0 Å². The predicted octanol–water partition coefficient (Wildman–Crippen LogP) is 1.73. The van der Waals surface area contributed by atoms with E-state index in [2.05, 4.69) is 16.0 Å². The Morgan fingerprint density at radius 1 is 1.18 bits per heavy atom. The lowest BCUT2D eigenvalue weighted by molar-refractivity contribution is -0.123. The van der Waals surface area contributed by atoms with Crippen molar-refractivity contribution in [2.24, 2.45) is 0 Å². The number of amides is 2. The number of allylic oxidation sites excluding steroid dienone is 3. The number of piperidine rings is 1. The molecule has 0 unspecified atom stereocenters. The third kappa shape index (κ3) is 2.83. The maximum Gasteiger partial charge on any atom is 0.249 e. The monoisotopic (exact) mass is 379 g/mol. The van der Waals surface area contributed by atoms with Crippen LogP contribution < -0.4 is 25.4 Å². The number of nitrogens with one attached hydrogen (secondary N) is 3. The molecule has 1 aromatic rings. The molecule has 2 fully saturated rings. The Kier molecular flexibility index (Phi) is 3.89. The molecule has 1 aromatic carbocycles. The first-order chi connectivity index (χ1) is 13.7. The minimum Gasteiger partial charge on any atom is -0.454 e. The lowest BCUT2D eigenvalue weighted by Gasteiger charge is -2.23. The van der Waals surface area contributed by atoms with Gasteiger partial charge in [-0.15, -0.1) is 0 Å². The third-order valence-corrected chi connectivity index (χ3v) is 5.64. The molecule has 1 aliphatic carbocycles. The molecule has 1 saturated heterocycles. The Balaban J connectivity index is 1.33.